The molecule has 0 spiro atoms. The standard InChI is InChI=1S/C19H16BrN3O4S/c1-27-18-11-15(23-28(25,26)16-6-2-5-14(20)10-16)7-8-17(18)22-19(24)13-4-3-9-21-12-13/h2-12,23H,1H3,(H,22,24). The minimum atomic E-state index is -3.77. The van der Waals surface area contributed by atoms with Gasteiger partial charge >= 0.3 is 0 Å². The number of amides is 1. The molecular weight excluding hydrogens is 446 g/mol. The van der Waals surface area contributed by atoms with Crippen LogP contribution in [0.5, 0.6) is 5.75 Å². The van der Waals surface area contributed by atoms with Gasteiger partial charge in [0.1, 0.15) is 5.75 Å². The first kappa shape index (κ1) is 19.8. The Morgan fingerprint density at radius 1 is 1.11 bits per heavy atom. The number of methoxy groups -OCH3 is 1. The molecule has 1 amide bonds. The Morgan fingerprint density at radius 2 is 1.93 bits per heavy atom. The molecule has 2 aromatic carbocycles. The smallest absolute Gasteiger partial charge is 0.261 e. The summed E-state index contributed by atoms with van der Waals surface area (Å²) in [6.45, 7) is 0. The molecule has 1 heterocycles. The molecule has 0 atom stereocenters. The summed E-state index contributed by atoms with van der Waals surface area (Å²) >= 11 is 3.26. The van der Waals surface area contributed by atoms with Gasteiger partial charge in [-0.15, -0.1) is 0 Å². The van der Waals surface area contributed by atoms with E-state index < -0.39 is 10.0 Å². The van der Waals surface area contributed by atoms with Gasteiger partial charge in [-0.3, -0.25) is 14.5 Å². The van der Waals surface area contributed by atoms with E-state index in [0.29, 0.717) is 27.2 Å². The maximum Gasteiger partial charge on any atom is 0.261 e. The number of benzene rings is 2. The minimum Gasteiger partial charge on any atom is -0.494 e. The van der Waals surface area contributed by atoms with Crippen LogP contribution in [0.1, 0.15) is 10.4 Å². The molecule has 144 valence electrons. The Bertz CT molecular complexity index is 1110. The molecule has 0 saturated heterocycles. The molecule has 0 fully saturated rings. The predicted molar refractivity (Wildman–Crippen MR) is 110 cm³/mol. The molecule has 7 nitrogen and oxygen atoms in total. The fraction of sp³-hybridized carbons (Fsp3) is 0.0526. The highest BCUT2D eigenvalue weighted by Gasteiger charge is 2.16. The van der Waals surface area contributed by atoms with Gasteiger partial charge in [0.05, 0.1) is 28.9 Å². The molecule has 0 aliphatic rings. The van der Waals surface area contributed by atoms with Crippen molar-refractivity contribution in [2.75, 3.05) is 17.1 Å². The molecule has 3 aromatic rings. The number of carbonyl (C=O) groups is 1. The lowest BCUT2D eigenvalue weighted by Crippen LogP contribution is -2.14. The summed E-state index contributed by atoms with van der Waals surface area (Å²) in [7, 11) is -2.34. The monoisotopic (exact) mass is 461 g/mol. The highest BCUT2D eigenvalue weighted by molar-refractivity contribution is 9.10. The minimum absolute atomic E-state index is 0.120. The maximum absolute atomic E-state index is 12.6. The van der Waals surface area contributed by atoms with Crippen molar-refractivity contribution in [3.05, 3.63) is 77.0 Å². The third-order valence-corrected chi connectivity index (χ3v) is 5.60. The van der Waals surface area contributed by atoms with Gasteiger partial charge in [0.2, 0.25) is 0 Å². The zero-order chi connectivity index (χ0) is 20.1. The molecule has 2 N–H and O–H groups in total. The van der Waals surface area contributed by atoms with Crippen LogP contribution in [0.15, 0.2) is 76.4 Å². The van der Waals surface area contributed by atoms with Gasteiger partial charge < -0.3 is 10.1 Å². The molecule has 0 aliphatic carbocycles. The SMILES string of the molecule is COc1cc(NS(=O)(=O)c2cccc(Br)c2)ccc1NC(=O)c1cccnc1. The lowest BCUT2D eigenvalue weighted by Gasteiger charge is -2.13. The number of ether oxygens (including phenoxy) is 1. The van der Waals surface area contributed by atoms with Crippen molar-refractivity contribution in [2.24, 2.45) is 0 Å². The molecular formula is C19H16BrN3O4S. The van der Waals surface area contributed by atoms with E-state index in [4.69, 9.17) is 4.74 Å². The number of aromatic nitrogens is 1. The average molecular weight is 462 g/mol. The second-order valence-corrected chi connectivity index (χ2v) is 8.27. The number of carbonyl (C=O) groups excluding carboxylic acids is 1. The summed E-state index contributed by atoms with van der Waals surface area (Å²) in [5, 5.41) is 2.72. The van der Waals surface area contributed by atoms with Crippen LogP contribution in [0.2, 0.25) is 0 Å². The highest BCUT2D eigenvalue weighted by Crippen LogP contribution is 2.30. The van der Waals surface area contributed by atoms with Crippen molar-refractivity contribution in [3.63, 3.8) is 0 Å². The van der Waals surface area contributed by atoms with Crippen molar-refractivity contribution in [1.82, 2.24) is 4.98 Å². The summed E-state index contributed by atoms with van der Waals surface area (Å²) in [6, 6.07) is 14.3. The normalized spacial score (nSPS) is 10.9. The number of anilines is 2. The molecule has 0 radical (unpaired) electrons. The van der Waals surface area contributed by atoms with Crippen molar-refractivity contribution in [3.8, 4) is 5.75 Å². The number of hydrogen-bond donors (Lipinski definition) is 2. The predicted octanol–water partition coefficient (Wildman–Crippen LogP) is 3.91. The van der Waals surface area contributed by atoms with Crippen molar-refractivity contribution < 1.29 is 17.9 Å². The van der Waals surface area contributed by atoms with Gasteiger partial charge in [0.15, 0.2) is 0 Å². The molecule has 0 bridgehead atoms. The molecule has 9 heteroatoms. The first-order valence-corrected chi connectivity index (χ1v) is 10.3. The zero-order valence-electron chi connectivity index (χ0n) is 14.7. The number of nitrogens with zero attached hydrogens (tertiary/aromatic N) is 1. The van der Waals surface area contributed by atoms with Crippen LogP contribution in [-0.2, 0) is 10.0 Å². The Morgan fingerprint density at radius 3 is 2.61 bits per heavy atom. The van der Waals surface area contributed by atoms with Gasteiger partial charge in [0, 0.05) is 22.9 Å². The van der Waals surface area contributed by atoms with Crippen LogP contribution in [0.25, 0.3) is 0 Å². The average Bonchev–Trinajstić information content (AvgIpc) is 2.69. The van der Waals surface area contributed by atoms with Crippen molar-refractivity contribution in [1.29, 1.82) is 0 Å². The van der Waals surface area contributed by atoms with Crippen LogP contribution in [-0.4, -0.2) is 26.4 Å². The summed E-state index contributed by atoms with van der Waals surface area (Å²) < 4.78 is 33.5. The van der Waals surface area contributed by atoms with Crippen LogP contribution in [0, 0.1) is 0 Å². The van der Waals surface area contributed by atoms with Crippen LogP contribution < -0.4 is 14.8 Å². The Labute approximate surface area is 170 Å². The van der Waals surface area contributed by atoms with E-state index in [1.54, 1.807) is 36.5 Å². The van der Waals surface area contributed by atoms with Gasteiger partial charge in [-0.1, -0.05) is 22.0 Å². The number of nitrogens with one attached hydrogen (secondary N) is 2. The summed E-state index contributed by atoms with van der Waals surface area (Å²) in [5.41, 5.74) is 1.10. The van der Waals surface area contributed by atoms with Crippen LogP contribution in [0.3, 0.4) is 0 Å². The number of hydrogen-bond acceptors (Lipinski definition) is 5. The molecule has 28 heavy (non-hydrogen) atoms. The summed E-state index contributed by atoms with van der Waals surface area (Å²) in [5.74, 6) is -0.0412. The van der Waals surface area contributed by atoms with Crippen LogP contribution in [0.4, 0.5) is 11.4 Å². The molecule has 1 aromatic heterocycles. The summed E-state index contributed by atoms with van der Waals surface area (Å²) in [4.78, 5) is 16.3. The molecule has 0 unspecified atom stereocenters. The topological polar surface area (TPSA) is 97.4 Å². The Balaban J connectivity index is 1.82. The second-order valence-electron chi connectivity index (χ2n) is 5.67. The number of sulfonamides is 1. The molecule has 0 aliphatic heterocycles. The Kier molecular flexibility index (Phi) is 5.96. The van der Waals surface area contributed by atoms with Gasteiger partial charge in [0.25, 0.3) is 15.9 Å². The fourth-order valence-electron chi connectivity index (χ4n) is 2.40. The largest absolute Gasteiger partial charge is 0.494 e. The van der Waals surface area contributed by atoms with Gasteiger partial charge in [-0.05, 0) is 42.5 Å². The number of halogens is 1. The number of pyridine rings is 1. The summed E-state index contributed by atoms with van der Waals surface area (Å²) in [6.07, 6.45) is 3.02. The quantitative estimate of drug-likeness (QED) is 0.579. The molecule has 3 rings (SSSR count). The highest BCUT2D eigenvalue weighted by atomic mass is 79.9. The van der Waals surface area contributed by atoms with E-state index in [-0.39, 0.29) is 10.8 Å². The van der Waals surface area contributed by atoms with Gasteiger partial charge in [-0.2, -0.15) is 0 Å². The van der Waals surface area contributed by atoms with Crippen LogP contribution >= 0.6 is 15.9 Å². The third kappa shape index (κ3) is 4.68. The van der Waals surface area contributed by atoms with E-state index >= 15 is 0 Å². The first-order chi connectivity index (χ1) is 13.4. The third-order valence-electron chi connectivity index (χ3n) is 3.73. The van der Waals surface area contributed by atoms with Crippen molar-refractivity contribution >= 4 is 43.2 Å². The van der Waals surface area contributed by atoms with E-state index in [9.17, 15) is 13.2 Å². The first-order valence-electron chi connectivity index (χ1n) is 8.07. The van der Waals surface area contributed by atoms with E-state index in [2.05, 4.69) is 31.0 Å². The maximum atomic E-state index is 12.6. The van der Waals surface area contributed by atoms with E-state index in [1.165, 1.54) is 37.6 Å². The van der Waals surface area contributed by atoms with E-state index in [0.717, 1.165) is 0 Å². The van der Waals surface area contributed by atoms with E-state index in [1.807, 2.05) is 0 Å². The lowest BCUT2D eigenvalue weighted by atomic mass is 10.2. The zero-order valence-corrected chi connectivity index (χ0v) is 17.1. The molecule has 0 saturated carbocycles. The fourth-order valence-corrected chi connectivity index (χ4v) is 4.04. The van der Waals surface area contributed by atoms with Crippen molar-refractivity contribution in [2.45, 2.75) is 4.90 Å². The van der Waals surface area contributed by atoms with Gasteiger partial charge in [-0.25, -0.2) is 8.42 Å². The second kappa shape index (κ2) is 8.41. The Hall–Kier alpha value is -2.91. The lowest BCUT2D eigenvalue weighted by molar-refractivity contribution is 0.102. The number of rotatable bonds is 6.